The molecule has 1 saturated heterocycles. The second-order valence-corrected chi connectivity index (χ2v) is 9.02. The van der Waals surface area contributed by atoms with Gasteiger partial charge in [0, 0.05) is 36.9 Å². The Bertz CT molecular complexity index is 706. The maximum Gasteiger partial charge on any atom is 0.391 e. The Hall–Kier alpha value is -1.76. The van der Waals surface area contributed by atoms with E-state index in [-0.39, 0.29) is 18.7 Å². The lowest BCUT2D eigenvalue weighted by Crippen LogP contribution is -2.39. The standard InChI is InChI=1S/C23H34F3N3O/c1-16-15-20(29-13-11-18(12-14-29)23(24,25)26)9-10-21(16)28-22(30)4-2-3-17-5-7-19(27)8-6-17/h9-10,15,17-19H,2-8,11-14,27H2,1H3,(H,28,30). The molecule has 0 spiro atoms. The number of carbonyl (C=O) groups excluding carboxylic acids is 1. The van der Waals surface area contributed by atoms with Crippen molar-refractivity contribution in [3.63, 3.8) is 0 Å². The van der Waals surface area contributed by atoms with Gasteiger partial charge in [0.2, 0.25) is 5.91 Å². The highest BCUT2D eigenvalue weighted by atomic mass is 19.4. The molecule has 4 nitrogen and oxygen atoms in total. The number of aryl methyl sites for hydroxylation is 1. The van der Waals surface area contributed by atoms with Crippen LogP contribution in [0.15, 0.2) is 18.2 Å². The van der Waals surface area contributed by atoms with E-state index in [1.54, 1.807) is 0 Å². The number of carbonyl (C=O) groups is 1. The zero-order chi connectivity index (χ0) is 21.7. The van der Waals surface area contributed by atoms with Crippen LogP contribution in [0.3, 0.4) is 0 Å². The number of nitrogens with one attached hydrogen (secondary N) is 1. The highest BCUT2D eigenvalue weighted by molar-refractivity contribution is 5.91. The van der Waals surface area contributed by atoms with Crippen molar-refractivity contribution in [3.05, 3.63) is 23.8 Å². The van der Waals surface area contributed by atoms with Crippen LogP contribution in [-0.2, 0) is 4.79 Å². The van der Waals surface area contributed by atoms with E-state index < -0.39 is 12.1 Å². The molecule has 0 unspecified atom stereocenters. The molecule has 1 saturated carbocycles. The molecule has 1 aromatic rings. The van der Waals surface area contributed by atoms with Crippen molar-refractivity contribution in [2.24, 2.45) is 17.6 Å². The summed E-state index contributed by atoms with van der Waals surface area (Å²) < 4.78 is 38.6. The van der Waals surface area contributed by atoms with Gasteiger partial charge in [-0.3, -0.25) is 4.79 Å². The molecule has 0 atom stereocenters. The minimum Gasteiger partial charge on any atom is -0.371 e. The van der Waals surface area contributed by atoms with E-state index in [0.29, 0.717) is 31.5 Å². The molecule has 3 N–H and O–H groups in total. The third kappa shape index (κ3) is 6.37. The molecule has 168 valence electrons. The van der Waals surface area contributed by atoms with Gasteiger partial charge < -0.3 is 16.0 Å². The van der Waals surface area contributed by atoms with Crippen LogP contribution in [0.25, 0.3) is 0 Å². The molecular weight excluding hydrogens is 391 g/mol. The smallest absolute Gasteiger partial charge is 0.371 e. The van der Waals surface area contributed by atoms with Crippen LogP contribution in [0.1, 0.15) is 63.4 Å². The van der Waals surface area contributed by atoms with Gasteiger partial charge in [0.05, 0.1) is 5.92 Å². The fraction of sp³-hybridized carbons (Fsp3) is 0.696. The van der Waals surface area contributed by atoms with Crippen LogP contribution in [0.2, 0.25) is 0 Å². The van der Waals surface area contributed by atoms with Crippen LogP contribution >= 0.6 is 0 Å². The van der Waals surface area contributed by atoms with E-state index in [0.717, 1.165) is 42.6 Å². The Kier molecular flexibility index (Phi) is 7.66. The number of piperidine rings is 1. The lowest BCUT2D eigenvalue weighted by Gasteiger charge is -2.34. The number of alkyl halides is 3. The zero-order valence-electron chi connectivity index (χ0n) is 17.8. The van der Waals surface area contributed by atoms with Crippen molar-refractivity contribution in [1.82, 2.24) is 0 Å². The van der Waals surface area contributed by atoms with E-state index in [1.165, 1.54) is 12.8 Å². The first-order valence-electron chi connectivity index (χ1n) is 11.2. The topological polar surface area (TPSA) is 58.4 Å². The van der Waals surface area contributed by atoms with Crippen LogP contribution in [0.4, 0.5) is 24.5 Å². The van der Waals surface area contributed by atoms with Crippen molar-refractivity contribution in [1.29, 1.82) is 0 Å². The highest BCUT2D eigenvalue weighted by Crippen LogP contribution is 2.36. The molecular formula is C23H34F3N3O. The Morgan fingerprint density at radius 3 is 2.40 bits per heavy atom. The van der Waals surface area contributed by atoms with Crippen LogP contribution < -0.4 is 16.0 Å². The Morgan fingerprint density at radius 2 is 1.80 bits per heavy atom. The average Bonchev–Trinajstić information content (AvgIpc) is 2.70. The normalized spacial score (nSPS) is 23.4. The average molecular weight is 426 g/mol. The molecule has 0 radical (unpaired) electrons. The van der Waals surface area contributed by atoms with E-state index >= 15 is 0 Å². The molecule has 30 heavy (non-hydrogen) atoms. The molecule has 1 heterocycles. The highest BCUT2D eigenvalue weighted by Gasteiger charge is 2.41. The maximum atomic E-state index is 12.9. The largest absolute Gasteiger partial charge is 0.391 e. The third-order valence-electron chi connectivity index (χ3n) is 6.71. The van der Waals surface area contributed by atoms with Crippen LogP contribution in [0, 0.1) is 18.8 Å². The predicted octanol–water partition coefficient (Wildman–Crippen LogP) is 5.40. The molecule has 3 rings (SSSR count). The summed E-state index contributed by atoms with van der Waals surface area (Å²) in [6.07, 6.45) is 3.17. The lowest BCUT2D eigenvalue weighted by atomic mass is 9.83. The number of benzene rings is 1. The molecule has 2 aliphatic rings. The maximum absolute atomic E-state index is 12.9. The number of rotatable bonds is 6. The fourth-order valence-electron chi connectivity index (χ4n) is 4.69. The molecule has 1 amide bonds. The molecule has 1 aliphatic carbocycles. The van der Waals surface area contributed by atoms with Gasteiger partial charge in [0.15, 0.2) is 0 Å². The SMILES string of the molecule is Cc1cc(N2CCC(C(F)(F)F)CC2)ccc1NC(=O)CCCC1CCC(N)CC1. The van der Waals surface area contributed by atoms with Crippen molar-refractivity contribution >= 4 is 17.3 Å². The quantitative estimate of drug-likeness (QED) is 0.642. The monoisotopic (exact) mass is 425 g/mol. The van der Waals surface area contributed by atoms with E-state index in [1.807, 2.05) is 30.0 Å². The van der Waals surface area contributed by atoms with E-state index in [2.05, 4.69) is 5.32 Å². The van der Waals surface area contributed by atoms with Gasteiger partial charge in [-0.05, 0) is 88.0 Å². The summed E-state index contributed by atoms with van der Waals surface area (Å²) >= 11 is 0. The fourth-order valence-corrected chi connectivity index (χ4v) is 4.69. The summed E-state index contributed by atoms with van der Waals surface area (Å²) in [7, 11) is 0. The first kappa shape index (κ1) is 22.9. The van der Waals surface area contributed by atoms with Gasteiger partial charge in [0.1, 0.15) is 0 Å². The summed E-state index contributed by atoms with van der Waals surface area (Å²) in [5.74, 6) is -0.483. The summed E-state index contributed by atoms with van der Waals surface area (Å²) in [5, 5.41) is 2.99. The number of anilines is 2. The minimum atomic E-state index is -4.10. The summed E-state index contributed by atoms with van der Waals surface area (Å²) in [4.78, 5) is 14.3. The lowest BCUT2D eigenvalue weighted by molar-refractivity contribution is -0.179. The van der Waals surface area contributed by atoms with Crippen LogP contribution in [-0.4, -0.2) is 31.2 Å². The van der Waals surface area contributed by atoms with E-state index in [9.17, 15) is 18.0 Å². The third-order valence-corrected chi connectivity index (χ3v) is 6.71. The second-order valence-electron chi connectivity index (χ2n) is 9.02. The first-order valence-corrected chi connectivity index (χ1v) is 11.2. The summed E-state index contributed by atoms with van der Waals surface area (Å²) in [5.41, 5.74) is 8.57. The Morgan fingerprint density at radius 1 is 1.13 bits per heavy atom. The number of nitrogens with two attached hydrogens (primary N) is 1. The molecule has 0 aromatic heterocycles. The Labute approximate surface area is 177 Å². The summed E-state index contributed by atoms with van der Waals surface area (Å²) in [6.45, 7) is 2.73. The van der Waals surface area contributed by atoms with E-state index in [4.69, 9.17) is 5.73 Å². The second kappa shape index (κ2) is 10.0. The Balaban J connectivity index is 1.44. The molecule has 1 aromatic carbocycles. The number of amides is 1. The van der Waals surface area contributed by atoms with Crippen molar-refractivity contribution in [2.75, 3.05) is 23.3 Å². The molecule has 2 fully saturated rings. The summed E-state index contributed by atoms with van der Waals surface area (Å²) in [6, 6.07) is 6.06. The molecule has 1 aliphatic heterocycles. The zero-order valence-corrected chi connectivity index (χ0v) is 17.8. The van der Waals surface area contributed by atoms with Gasteiger partial charge in [-0.1, -0.05) is 0 Å². The predicted molar refractivity (Wildman–Crippen MR) is 115 cm³/mol. The van der Waals surface area contributed by atoms with Gasteiger partial charge in [-0.25, -0.2) is 0 Å². The van der Waals surface area contributed by atoms with Crippen molar-refractivity contribution < 1.29 is 18.0 Å². The molecule has 7 heteroatoms. The number of hydrogen-bond donors (Lipinski definition) is 2. The minimum absolute atomic E-state index is 0.0179. The first-order chi connectivity index (χ1) is 14.2. The molecule has 0 bridgehead atoms. The number of nitrogens with zero attached hydrogens (tertiary/aromatic N) is 1. The van der Waals surface area contributed by atoms with Gasteiger partial charge in [0.25, 0.3) is 0 Å². The van der Waals surface area contributed by atoms with Gasteiger partial charge in [-0.15, -0.1) is 0 Å². The van der Waals surface area contributed by atoms with Gasteiger partial charge in [-0.2, -0.15) is 13.2 Å². The van der Waals surface area contributed by atoms with Gasteiger partial charge >= 0.3 is 6.18 Å². The van der Waals surface area contributed by atoms with Crippen molar-refractivity contribution in [3.8, 4) is 0 Å². The number of hydrogen-bond acceptors (Lipinski definition) is 3. The van der Waals surface area contributed by atoms with Crippen molar-refractivity contribution in [2.45, 2.75) is 76.9 Å². The van der Waals surface area contributed by atoms with Crippen LogP contribution in [0.5, 0.6) is 0 Å². The number of halogens is 3.